The van der Waals surface area contributed by atoms with E-state index in [4.69, 9.17) is 10.2 Å². The average molecular weight is 222 g/mol. The van der Waals surface area contributed by atoms with Crippen LogP contribution in [0.15, 0.2) is 0 Å². The fourth-order valence-electron chi connectivity index (χ4n) is 1.67. The monoisotopic (exact) mass is 222 g/mol. The van der Waals surface area contributed by atoms with Gasteiger partial charge in [-0.05, 0) is 18.8 Å². The van der Waals surface area contributed by atoms with Gasteiger partial charge in [0.25, 0.3) is 10.2 Å². The summed E-state index contributed by atoms with van der Waals surface area (Å²) in [6, 6.07) is 0. The van der Waals surface area contributed by atoms with E-state index in [1.165, 1.54) is 0 Å². The molecule has 0 amide bonds. The first kappa shape index (κ1) is 11.4. The van der Waals surface area contributed by atoms with Crippen LogP contribution in [-0.4, -0.2) is 36.9 Å². The Kier molecular flexibility index (Phi) is 3.46. The van der Waals surface area contributed by atoms with Crippen LogP contribution in [-0.2, 0) is 15.0 Å². The van der Waals surface area contributed by atoms with Gasteiger partial charge < -0.3 is 5.11 Å². The van der Waals surface area contributed by atoms with Gasteiger partial charge in [0, 0.05) is 19.5 Å². The van der Waals surface area contributed by atoms with Crippen LogP contribution in [0, 0.1) is 5.92 Å². The van der Waals surface area contributed by atoms with Gasteiger partial charge in [0.05, 0.1) is 0 Å². The van der Waals surface area contributed by atoms with Crippen LogP contribution < -0.4 is 5.14 Å². The Balaban J connectivity index is 2.56. The molecule has 3 N–H and O–H groups in total. The summed E-state index contributed by atoms with van der Waals surface area (Å²) in [6.07, 6.45) is 1.43. The van der Waals surface area contributed by atoms with E-state index in [1.807, 2.05) is 0 Å². The Morgan fingerprint density at radius 2 is 2.21 bits per heavy atom. The summed E-state index contributed by atoms with van der Waals surface area (Å²) in [5.74, 6) is -1.01. The lowest BCUT2D eigenvalue weighted by Crippen LogP contribution is -2.43. The van der Waals surface area contributed by atoms with Crippen LogP contribution in [0.1, 0.15) is 19.3 Å². The molecule has 6 nitrogen and oxygen atoms in total. The topological polar surface area (TPSA) is 101 Å². The summed E-state index contributed by atoms with van der Waals surface area (Å²) in [5.41, 5.74) is 0. The van der Waals surface area contributed by atoms with E-state index in [1.54, 1.807) is 0 Å². The van der Waals surface area contributed by atoms with E-state index in [9.17, 15) is 13.2 Å². The fraction of sp³-hybridized carbons (Fsp3) is 0.857. The molecule has 0 aliphatic carbocycles. The van der Waals surface area contributed by atoms with E-state index in [0.29, 0.717) is 13.0 Å². The molecule has 1 fully saturated rings. The Morgan fingerprint density at radius 1 is 1.57 bits per heavy atom. The van der Waals surface area contributed by atoms with Crippen molar-refractivity contribution in [2.45, 2.75) is 19.3 Å². The number of hydrogen-bond donors (Lipinski definition) is 2. The second kappa shape index (κ2) is 4.24. The Bertz CT molecular complexity index is 314. The second-order valence-electron chi connectivity index (χ2n) is 3.51. The zero-order valence-corrected chi connectivity index (χ0v) is 8.53. The van der Waals surface area contributed by atoms with Crippen LogP contribution >= 0.6 is 0 Å². The van der Waals surface area contributed by atoms with Crippen LogP contribution in [0.5, 0.6) is 0 Å². The van der Waals surface area contributed by atoms with E-state index in [0.717, 1.165) is 10.7 Å². The van der Waals surface area contributed by atoms with Crippen LogP contribution in [0.25, 0.3) is 0 Å². The number of carbonyl (C=O) groups is 1. The Hall–Kier alpha value is -0.660. The second-order valence-corrected chi connectivity index (χ2v) is 5.06. The van der Waals surface area contributed by atoms with Gasteiger partial charge in [-0.25, -0.2) is 5.14 Å². The number of piperidine rings is 1. The quantitative estimate of drug-likeness (QED) is 0.664. The standard InChI is InChI=1S/C7H14N2O4S/c8-14(12,13)9-3-1-2-6(5-9)4-7(10)11/h6H,1-5H2,(H,10,11)(H2,8,12,13). The molecule has 1 unspecified atom stereocenters. The number of hydrogen-bond acceptors (Lipinski definition) is 3. The minimum Gasteiger partial charge on any atom is -0.481 e. The molecule has 1 heterocycles. The third-order valence-corrected chi connectivity index (χ3v) is 3.36. The smallest absolute Gasteiger partial charge is 0.303 e. The summed E-state index contributed by atoms with van der Waals surface area (Å²) in [7, 11) is -3.65. The minimum atomic E-state index is -3.65. The van der Waals surface area contributed by atoms with Gasteiger partial charge in [-0.2, -0.15) is 12.7 Å². The third kappa shape index (κ3) is 3.24. The van der Waals surface area contributed by atoms with E-state index < -0.39 is 16.2 Å². The molecular formula is C7H14N2O4S. The van der Waals surface area contributed by atoms with Gasteiger partial charge in [-0.3, -0.25) is 4.79 Å². The molecule has 1 atom stereocenters. The summed E-state index contributed by atoms with van der Waals surface area (Å²) < 4.78 is 23.1. The summed E-state index contributed by atoms with van der Waals surface area (Å²) in [6.45, 7) is 0.625. The zero-order chi connectivity index (χ0) is 10.8. The summed E-state index contributed by atoms with van der Waals surface area (Å²) in [4.78, 5) is 10.4. The molecule has 0 spiro atoms. The predicted molar refractivity (Wildman–Crippen MR) is 49.7 cm³/mol. The maximum absolute atomic E-state index is 11.0. The van der Waals surface area contributed by atoms with Gasteiger partial charge >= 0.3 is 5.97 Å². The Morgan fingerprint density at radius 3 is 2.71 bits per heavy atom. The molecule has 7 heteroatoms. The average Bonchev–Trinajstić information content (AvgIpc) is 2.01. The van der Waals surface area contributed by atoms with Crippen molar-refractivity contribution in [2.24, 2.45) is 11.1 Å². The van der Waals surface area contributed by atoms with Crippen LogP contribution in [0.2, 0.25) is 0 Å². The van der Waals surface area contributed by atoms with Gasteiger partial charge in [0.15, 0.2) is 0 Å². The van der Waals surface area contributed by atoms with Crippen molar-refractivity contribution in [3.63, 3.8) is 0 Å². The van der Waals surface area contributed by atoms with Crippen molar-refractivity contribution in [1.82, 2.24) is 4.31 Å². The molecule has 1 rings (SSSR count). The number of carboxylic acid groups (broad SMARTS) is 1. The lowest BCUT2D eigenvalue weighted by Gasteiger charge is -2.29. The number of rotatable bonds is 3. The molecule has 1 saturated heterocycles. The molecule has 0 radical (unpaired) electrons. The van der Waals surface area contributed by atoms with Crippen molar-refractivity contribution in [2.75, 3.05) is 13.1 Å². The first-order valence-electron chi connectivity index (χ1n) is 4.39. The molecule has 0 saturated carbocycles. The van der Waals surface area contributed by atoms with Crippen molar-refractivity contribution in [3.05, 3.63) is 0 Å². The largest absolute Gasteiger partial charge is 0.481 e. The number of nitrogens with zero attached hydrogens (tertiary/aromatic N) is 1. The highest BCUT2D eigenvalue weighted by molar-refractivity contribution is 7.86. The van der Waals surface area contributed by atoms with Crippen molar-refractivity contribution in [3.8, 4) is 0 Å². The number of carboxylic acids is 1. The fourth-order valence-corrected chi connectivity index (χ4v) is 2.47. The highest BCUT2D eigenvalue weighted by atomic mass is 32.2. The molecular weight excluding hydrogens is 208 g/mol. The Labute approximate surface area is 82.9 Å². The van der Waals surface area contributed by atoms with E-state index in [-0.39, 0.29) is 18.9 Å². The van der Waals surface area contributed by atoms with E-state index >= 15 is 0 Å². The maximum Gasteiger partial charge on any atom is 0.303 e. The number of nitrogens with two attached hydrogens (primary N) is 1. The first-order chi connectivity index (χ1) is 6.39. The molecule has 0 aromatic rings. The van der Waals surface area contributed by atoms with Gasteiger partial charge in [-0.15, -0.1) is 0 Å². The van der Waals surface area contributed by atoms with Crippen molar-refractivity contribution in [1.29, 1.82) is 0 Å². The zero-order valence-electron chi connectivity index (χ0n) is 7.72. The van der Waals surface area contributed by atoms with Gasteiger partial charge in [0.1, 0.15) is 0 Å². The predicted octanol–water partition coefficient (Wildman–Crippen LogP) is -0.623. The minimum absolute atomic E-state index is 0.00597. The van der Waals surface area contributed by atoms with Crippen molar-refractivity contribution < 1.29 is 18.3 Å². The molecule has 0 aromatic carbocycles. The van der Waals surface area contributed by atoms with Crippen LogP contribution in [0.4, 0.5) is 0 Å². The molecule has 14 heavy (non-hydrogen) atoms. The van der Waals surface area contributed by atoms with E-state index in [2.05, 4.69) is 0 Å². The van der Waals surface area contributed by atoms with Gasteiger partial charge in [-0.1, -0.05) is 0 Å². The van der Waals surface area contributed by atoms with Crippen molar-refractivity contribution >= 4 is 16.2 Å². The lowest BCUT2D eigenvalue weighted by atomic mass is 9.96. The molecule has 0 bridgehead atoms. The van der Waals surface area contributed by atoms with Gasteiger partial charge in [0.2, 0.25) is 0 Å². The SMILES string of the molecule is NS(=O)(=O)N1CCCC(CC(=O)O)C1. The molecule has 82 valence electrons. The normalized spacial score (nSPS) is 24.8. The highest BCUT2D eigenvalue weighted by Crippen LogP contribution is 2.20. The molecule has 1 aliphatic heterocycles. The lowest BCUT2D eigenvalue weighted by molar-refractivity contribution is -0.138. The maximum atomic E-state index is 11.0. The molecule has 0 aromatic heterocycles. The third-order valence-electron chi connectivity index (χ3n) is 2.30. The summed E-state index contributed by atoms with van der Waals surface area (Å²) in [5, 5.41) is 13.5. The summed E-state index contributed by atoms with van der Waals surface area (Å²) >= 11 is 0. The number of aliphatic carboxylic acids is 1. The first-order valence-corrected chi connectivity index (χ1v) is 5.89. The highest BCUT2D eigenvalue weighted by Gasteiger charge is 2.27. The molecule has 1 aliphatic rings. The van der Waals surface area contributed by atoms with Crippen LogP contribution in [0.3, 0.4) is 0 Å².